The lowest BCUT2D eigenvalue weighted by Gasteiger charge is -2.30. The van der Waals surface area contributed by atoms with Crippen molar-refractivity contribution < 1.29 is 23.5 Å². The van der Waals surface area contributed by atoms with Gasteiger partial charge in [0.05, 0.1) is 13.7 Å². The van der Waals surface area contributed by atoms with E-state index in [0.29, 0.717) is 56.1 Å². The average molecular weight is 483 g/mol. The van der Waals surface area contributed by atoms with Crippen LogP contribution in [0, 0.1) is 18.7 Å². The summed E-state index contributed by atoms with van der Waals surface area (Å²) < 4.78 is 24.9. The van der Waals surface area contributed by atoms with Gasteiger partial charge in [0.15, 0.2) is 11.5 Å². The Balaban J connectivity index is 1.47. The Morgan fingerprint density at radius 1 is 1.14 bits per heavy atom. The third-order valence-corrected chi connectivity index (χ3v) is 6.24. The summed E-state index contributed by atoms with van der Waals surface area (Å²) in [7, 11) is 1.60. The van der Waals surface area contributed by atoms with Crippen LogP contribution in [0.15, 0.2) is 42.5 Å². The first kappa shape index (κ1) is 26.3. The molecule has 0 atom stereocenters. The smallest absolute Gasteiger partial charge is 0.246 e. The van der Waals surface area contributed by atoms with Crippen molar-refractivity contribution >= 4 is 17.9 Å². The molecule has 3 rings (SSSR count). The van der Waals surface area contributed by atoms with E-state index in [0.717, 1.165) is 24.0 Å². The zero-order valence-electron chi connectivity index (χ0n) is 20.8. The second-order valence-electron chi connectivity index (χ2n) is 8.85. The normalized spacial score (nSPS) is 14.2. The van der Waals surface area contributed by atoms with E-state index in [2.05, 4.69) is 12.2 Å². The van der Waals surface area contributed by atoms with Gasteiger partial charge in [0.1, 0.15) is 5.82 Å². The highest BCUT2D eigenvalue weighted by Gasteiger charge is 2.26. The monoisotopic (exact) mass is 482 g/mol. The summed E-state index contributed by atoms with van der Waals surface area (Å²) in [5.74, 6) is 0.769. The average Bonchev–Trinajstić information content (AvgIpc) is 2.88. The van der Waals surface area contributed by atoms with Crippen LogP contribution in [0.25, 0.3) is 6.08 Å². The van der Waals surface area contributed by atoms with Crippen LogP contribution in [0.2, 0.25) is 0 Å². The Kier molecular flexibility index (Phi) is 9.70. The summed E-state index contributed by atoms with van der Waals surface area (Å²) in [5.41, 5.74) is 2.16. The quantitative estimate of drug-likeness (QED) is 0.387. The Labute approximate surface area is 207 Å². The first-order valence-corrected chi connectivity index (χ1v) is 12.2. The molecule has 7 heteroatoms. The molecule has 6 nitrogen and oxygen atoms in total. The minimum absolute atomic E-state index is 0.0537. The third-order valence-electron chi connectivity index (χ3n) is 6.24. The van der Waals surface area contributed by atoms with E-state index >= 15 is 0 Å². The number of amides is 2. The lowest BCUT2D eigenvalue weighted by Crippen LogP contribution is -2.42. The molecular weight excluding hydrogens is 447 g/mol. The van der Waals surface area contributed by atoms with Crippen LogP contribution >= 0.6 is 0 Å². The number of piperidine rings is 1. The van der Waals surface area contributed by atoms with Crippen LogP contribution in [0.5, 0.6) is 11.5 Å². The van der Waals surface area contributed by atoms with Crippen molar-refractivity contribution in [2.45, 2.75) is 46.1 Å². The van der Waals surface area contributed by atoms with Gasteiger partial charge in [-0.25, -0.2) is 4.39 Å². The molecule has 0 unspecified atom stereocenters. The highest BCUT2D eigenvalue weighted by molar-refractivity contribution is 5.92. The van der Waals surface area contributed by atoms with Crippen LogP contribution < -0.4 is 14.8 Å². The van der Waals surface area contributed by atoms with Crippen LogP contribution in [-0.2, 0) is 16.1 Å². The molecular formula is C28H35FN2O4. The van der Waals surface area contributed by atoms with Crippen molar-refractivity contribution in [1.82, 2.24) is 10.2 Å². The summed E-state index contributed by atoms with van der Waals surface area (Å²) in [6.45, 7) is 5.79. The van der Waals surface area contributed by atoms with Crippen molar-refractivity contribution in [1.29, 1.82) is 0 Å². The number of benzene rings is 2. The molecule has 1 aliphatic heterocycles. The molecule has 2 aromatic rings. The predicted molar refractivity (Wildman–Crippen MR) is 135 cm³/mol. The van der Waals surface area contributed by atoms with Crippen LogP contribution in [0.4, 0.5) is 4.39 Å². The Morgan fingerprint density at radius 3 is 2.60 bits per heavy atom. The fraction of sp³-hybridized carbons (Fsp3) is 0.429. The molecule has 188 valence electrons. The van der Waals surface area contributed by atoms with Gasteiger partial charge in [-0.2, -0.15) is 0 Å². The molecule has 0 saturated carbocycles. The van der Waals surface area contributed by atoms with Crippen LogP contribution in [0.3, 0.4) is 0 Å². The van der Waals surface area contributed by atoms with Crippen molar-refractivity contribution in [3.63, 3.8) is 0 Å². The molecule has 0 aromatic heterocycles. The van der Waals surface area contributed by atoms with E-state index in [9.17, 15) is 14.0 Å². The molecule has 0 spiro atoms. The molecule has 1 heterocycles. The SMILES string of the molecule is CCCCOc1ccc(C=CC(=O)N2CCC(C(=O)NCc3ccc(C)c(F)c3)CC2)cc1OC. The van der Waals surface area contributed by atoms with Gasteiger partial charge in [0.2, 0.25) is 11.8 Å². The van der Waals surface area contributed by atoms with E-state index in [4.69, 9.17) is 9.47 Å². The minimum Gasteiger partial charge on any atom is -0.493 e. The number of carbonyl (C=O) groups is 2. The van der Waals surface area contributed by atoms with Gasteiger partial charge in [0, 0.05) is 31.6 Å². The molecule has 35 heavy (non-hydrogen) atoms. The second-order valence-corrected chi connectivity index (χ2v) is 8.85. The van der Waals surface area contributed by atoms with Gasteiger partial charge < -0.3 is 19.7 Å². The number of nitrogens with zero attached hydrogens (tertiary/aromatic N) is 1. The van der Waals surface area contributed by atoms with Gasteiger partial charge in [0.25, 0.3) is 0 Å². The lowest BCUT2D eigenvalue weighted by atomic mass is 9.95. The zero-order valence-corrected chi connectivity index (χ0v) is 20.8. The fourth-order valence-corrected chi connectivity index (χ4v) is 3.95. The third kappa shape index (κ3) is 7.57. The number of halogens is 1. The van der Waals surface area contributed by atoms with Crippen LogP contribution in [-0.4, -0.2) is 43.5 Å². The van der Waals surface area contributed by atoms with Gasteiger partial charge in [-0.15, -0.1) is 0 Å². The van der Waals surface area contributed by atoms with Crippen LogP contribution in [0.1, 0.15) is 49.3 Å². The molecule has 2 amide bonds. The predicted octanol–water partition coefficient (Wildman–Crippen LogP) is 4.89. The Bertz CT molecular complexity index is 1050. The number of rotatable bonds is 10. The lowest BCUT2D eigenvalue weighted by molar-refractivity contribution is -0.132. The number of methoxy groups -OCH3 is 1. The minimum atomic E-state index is -0.272. The number of aryl methyl sites for hydroxylation is 1. The van der Waals surface area contributed by atoms with E-state index in [1.54, 1.807) is 37.2 Å². The molecule has 1 saturated heterocycles. The molecule has 0 radical (unpaired) electrons. The summed E-state index contributed by atoms with van der Waals surface area (Å²) in [6, 6.07) is 10.6. The standard InChI is InChI=1S/C28H35FN2O4/c1-4-5-16-35-25-10-8-21(18-26(25)34-3)9-11-27(32)31-14-12-23(13-15-31)28(33)30-19-22-7-6-20(2)24(29)17-22/h6-11,17-18,23H,4-5,12-16,19H2,1-3H3,(H,30,33). The zero-order chi connectivity index (χ0) is 25.2. The summed E-state index contributed by atoms with van der Waals surface area (Å²) >= 11 is 0. The number of nitrogens with one attached hydrogen (secondary N) is 1. The first-order chi connectivity index (χ1) is 16.9. The molecule has 1 fully saturated rings. The summed E-state index contributed by atoms with van der Waals surface area (Å²) in [5, 5.41) is 2.89. The molecule has 0 bridgehead atoms. The maximum absolute atomic E-state index is 13.7. The maximum atomic E-state index is 13.7. The highest BCUT2D eigenvalue weighted by atomic mass is 19.1. The number of ether oxygens (including phenoxy) is 2. The maximum Gasteiger partial charge on any atom is 0.246 e. The number of unbranched alkanes of at least 4 members (excludes halogenated alkanes) is 1. The van der Waals surface area contributed by atoms with E-state index < -0.39 is 0 Å². The van der Waals surface area contributed by atoms with Gasteiger partial charge in [-0.05, 0) is 67.2 Å². The van der Waals surface area contributed by atoms with Gasteiger partial charge >= 0.3 is 0 Å². The van der Waals surface area contributed by atoms with Crippen molar-refractivity contribution in [3.8, 4) is 11.5 Å². The van der Waals surface area contributed by atoms with E-state index in [1.807, 2.05) is 24.3 Å². The molecule has 0 aliphatic carbocycles. The summed E-state index contributed by atoms with van der Waals surface area (Å²) in [6.07, 6.45) is 6.56. The van der Waals surface area contributed by atoms with Crippen molar-refractivity contribution in [2.75, 3.05) is 26.8 Å². The van der Waals surface area contributed by atoms with Crippen molar-refractivity contribution in [2.24, 2.45) is 5.92 Å². The molecule has 1 aliphatic rings. The largest absolute Gasteiger partial charge is 0.493 e. The first-order valence-electron chi connectivity index (χ1n) is 12.2. The number of hydrogen-bond acceptors (Lipinski definition) is 4. The van der Waals surface area contributed by atoms with E-state index in [1.165, 1.54) is 6.07 Å². The Morgan fingerprint density at radius 2 is 1.91 bits per heavy atom. The highest BCUT2D eigenvalue weighted by Crippen LogP contribution is 2.29. The summed E-state index contributed by atoms with van der Waals surface area (Å²) in [4.78, 5) is 27.0. The number of hydrogen-bond donors (Lipinski definition) is 1. The topological polar surface area (TPSA) is 67.9 Å². The van der Waals surface area contributed by atoms with Crippen molar-refractivity contribution in [3.05, 3.63) is 65.0 Å². The van der Waals surface area contributed by atoms with E-state index in [-0.39, 0.29) is 23.5 Å². The van der Waals surface area contributed by atoms with Gasteiger partial charge in [-0.3, -0.25) is 9.59 Å². The second kappa shape index (κ2) is 12.9. The number of carbonyl (C=O) groups excluding carboxylic acids is 2. The molecule has 2 aromatic carbocycles. The molecule has 1 N–H and O–H groups in total. The van der Waals surface area contributed by atoms with Gasteiger partial charge in [-0.1, -0.05) is 31.5 Å². The fourth-order valence-electron chi connectivity index (χ4n) is 3.95. The number of likely N-dealkylation sites (tertiary alicyclic amines) is 1. The Hall–Kier alpha value is -3.35.